The van der Waals surface area contributed by atoms with Crippen molar-refractivity contribution in [3.8, 4) is 17.4 Å². The van der Waals surface area contributed by atoms with Crippen molar-refractivity contribution in [1.82, 2.24) is 4.98 Å². The maximum absolute atomic E-state index is 5.81. The minimum absolute atomic E-state index is 0.0746. The van der Waals surface area contributed by atoms with E-state index in [1.165, 1.54) is 5.57 Å². The Bertz CT molecular complexity index is 604. The molecule has 1 aromatic heterocycles. The molecule has 0 N–H and O–H groups in total. The van der Waals surface area contributed by atoms with E-state index >= 15 is 0 Å². The highest BCUT2D eigenvalue weighted by Gasteiger charge is 2.06. The van der Waals surface area contributed by atoms with Gasteiger partial charge in [-0.25, -0.2) is 4.98 Å². The van der Waals surface area contributed by atoms with Crippen molar-refractivity contribution in [3.05, 3.63) is 60.3 Å². The molecule has 4 nitrogen and oxygen atoms in total. The lowest BCUT2D eigenvalue weighted by atomic mass is 10.3. The molecule has 0 saturated carbocycles. The molecule has 0 aliphatic carbocycles. The monoisotopic (exact) mass is 313 g/mol. The van der Waals surface area contributed by atoms with E-state index in [0.29, 0.717) is 19.1 Å². The van der Waals surface area contributed by atoms with Crippen molar-refractivity contribution >= 4 is 0 Å². The zero-order valence-corrected chi connectivity index (χ0v) is 13.9. The molecule has 122 valence electrons. The summed E-state index contributed by atoms with van der Waals surface area (Å²) in [5.74, 6) is 2.22. The quantitative estimate of drug-likeness (QED) is 0.682. The van der Waals surface area contributed by atoms with Gasteiger partial charge in [-0.2, -0.15) is 0 Å². The van der Waals surface area contributed by atoms with Crippen LogP contribution in [0, 0.1) is 0 Å². The van der Waals surface area contributed by atoms with Crippen LogP contribution in [0.5, 0.6) is 17.4 Å². The van der Waals surface area contributed by atoms with Crippen LogP contribution in [0.3, 0.4) is 0 Å². The smallest absolute Gasteiger partial charge is 0.213 e. The summed E-state index contributed by atoms with van der Waals surface area (Å²) in [5.41, 5.74) is 1.24. The van der Waals surface area contributed by atoms with Crippen molar-refractivity contribution in [2.24, 2.45) is 0 Å². The fourth-order valence-electron chi connectivity index (χ4n) is 1.82. The van der Waals surface area contributed by atoms with Gasteiger partial charge < -0.3 is 14.2 Å². The second-order valence-corrected chi connectivity index (χ2v) is 5.47. The summed E-state index contributed by atoms with van der Waals surface area (Å²) in [6, 6.07) is 13.2. The van der Waals surface area contributed by atoms with Crippen molar-refractivity contribution in [2.45, 2.75) is 26.9 Å². The van der Waals surface area contributed by atoms with Gasteiger partial charge in [0.05, 0.1) is 0 Å². The summed E-state index contributed by atoms with van der Waals surface area (Å²) in [7, 11) is 0. The van der Waals surface area contributed by atoms with Crippen molar-refractivity contribution in [2.75, 3.05) is 13.2 Å². The van der Waals surface area contributed by atoms with Crippen LogP contribution >= 0.6 is 0 Å². The first kappa shape index (κ1) is 16.9. The highest BCUT2D eigenvalue weighted by atomic mass is 16.5. The third-order valence-corrected chi connectivity index (χ3v) is 3.01. The Morgan fingerprint density at radius 3 is 2.43 bits per heavy atom. The van der Waals surface area contributed by atoms with Crippen LogP contribution in [0.15, 0.2) is 60.3 Å². The van der Waals surface area contributed by atoms with E-state index in [1.54, 1.807) is 6.20 Å². The zero-order chi connectivity index (χ0) is 16.5. The Morgan fingerprint density at radius 1 is 1.04 bits per heavy atom. The standard InChI is InChI=1S/C19H23NO3/c1-15(2)11-13-21-17-7-9-18(10-8-17)23-16(3)14-22-19-6-4-5-12-20-19/h4-12,16H,13-14H2,1-3H3. The SMILES string of the molecule is CC(C)=CCOc1ccc(OC(C)COc2ccccn2)cc1. The number of aromatic nitrogens is 1. The van der Waals surface area contributed by atoms with E-state index in [-0.39, 0.29) is 6.10 Å². The maximum atomic E-state index is 5.81. The van der Waals surface area contributed by atoms with Crippen molar-refractivity contribution in [1.29, 1.82) is 0 Å². The largest absolute Gasteiger partial charge is 0.490 e. The molecular weight excluding hydrogens is 290 g/mol. The molecule has 1 aromatic carbocycles. The Morgan fingerprint density at radius 2 is 1.78 bits per heavy atom. The van der Waals surface area contributed by atoms with Gasteiger partial charge in [0.25, 0.3) is 0 Å². The first-order valence-electron chi connectivity index (χ1n) is 7.70. The predicted molar refractivity (Wildman–Crippen MR) is 91.2 cm³/mol. The van der Waals surface area contributed by atoms with Crippen LogP contribution < -0.4 is 14.2 Å². The molecule has 0 saturated heterocycles. The number of hydrogen-bond acceptors (Lipinski definition) is 4. The number of pyridine rings is 1. The van der Waals surface area contributed by atoms with Gasteiger partial charge in [-0.3, -0.25) is 0 Å². The Balaban J connectivity index is 1.77. The van der Waals surface area contributed by atoms with E-state index in [0.717, 1.165) is 11.5 Å². The summed E-state index contributed by atoms with van der Waals surface area (Å²) < 4.78 is 17.0. The molecule has 1 atom stereocenters. The molecule has 0 spiro atoms. The molecule has 0 bridgehead atoms. The Labute approximate surface area is 137 Å². The van der Waals surface area contributed by atoms with Crippen molar-refractivity contribution < 1.29 is 14.2 Å². The predicted octanol–water partition coefficient (Wildman–Crippen LogP) is 4.27. The maximum Gasteiger partial charge on any atom is 0.213 e. The van der Waals surface area contributed by atoms with Gasteiger partial charge in [-0.05, 0) is 57.2 Å². The number of rotatable bonds is 8. The van der Waals surface area contributed by atoms with Crippen LogP contribution in [0.1, 0.15) is 20.8 Å². The van der Waals surface area contributed by atoms with Gasteiger partial charge in [-0.1, -0.05) is 11.6 Å². The summed E-state index contributed by atoms with van der Waals surface area (Å²) in [6.07, 6.45) is 3.67. The zero-order valence-electron chi connectivity index (χ0n) is 13.9. The minimum atomic E-state index is -0.0746. The lowest BCUT2D eigenvalue weighted by Gasteiger charge is -2.15. The van der Waals surface area contributed by atoms with E-state index in [1.807, 2.05) is 55.5 Å². The molecule has 0 radical (unpaired) electrons. The highest BCUT2D eigenvalue weighted by molar-refractivity contribution is 5.31. The molecule has 2 aromatic rings. The second-order valence-electron chi connectivity index (χ2n) is 5.47. The summed E-state index contributed by atoms with van der Waals surface area (Å²) in [4.78, 5) is 4.11. The number of hydrogen-bond donors (Lipinski definition) is 0. The highest BCUT2D eigenvalue weighted by Crippen LogP contribution is 2.19. The molecule has 0 fully saturated rings. The molecule has 0 aliphatic heterocycles. The van der Waals surface area contributed by atoms with E-state index in [4.69, 9.17) is 14.2 Å². The van der Waals surface area contributed by atoms with E-state index in [2.05, 4.69) is 18.8 Å². The topological polar surface area (TPSA) is 40.6 Å². The van der Waals surface area contributed by atoms with Gasteiger partial charge in [-0.15, -0.1) is 0 Å². The Kier molecular flexibility index (Phi) is 6.48. The number of benzene rings is 1. The normalized spacial score (nSPS) is 11.4. The van der Waals surface area contributed by atoms with Crippen LogP contribution in [0.4, 0.5) is 0 Å². The molecule has 0 amide bonds. The second kappa shape index (κ2) is 8.83. The van der Waals surface area contributed by atoms with E-state index < -0.39 is 0 Å². The van der Waals surface area contributed by atoms with Gasteiger partial charge in [0.2, 0.25) is 5.88 Å². The number of ether oxygens (including phenoxy) is 3. The fraction of sp³-hybridized carbons (Fsp3) is 0.316. The van der Waals surface area contributed by atoms with Gasteiger partial charge in [0, 0.05) is 12.3 Å². The average molecular weight is 313 g/mol. The van der Waals surface area contributed by atoms with Crippen LogP contribution in [0.2, 0.25) is 0 Å². The summed E-state index contributed by atoms with van der Waals surface area (Å²) in [5, 5.41) is 0. The van der Waals surface area contributed by atoms with Crippen LogP contribution in [0.25, 0.3) is 0 Å². The molecule has 23 heavy (non-hydrogen) atoms. The first-order valence-corrected chi connectivity index (χ1v) is 7.70. The van der Waals surface area contributed by atoms with Crippen LogP contribution in [-0.2, 0) is 0 Å². The molecule has 1 unspecified atom stereocenters. The molecule has 1 heterocycles. The molecule has 4 heteroatoms. The minimum Gasteiger partial charge on any atom is -0.490 e. The number of allylic oxidation sites excluding steroid dienone is 1. The molecular formula is C19H23NO3. The van der Waals surface area contributed by atoms with Crippen LogP contribution in [-0.4, -0.2) is 24.3 Å². The molecule has 2 rings (SSSR count). The molecule has 0 aliphatic rings. The lowest BCUT2D eigenvalue weighted by Crippen LogP contribution is -2.21. The number of nitrogens with zero attached hydrogens (tertiary/aromatic N) is 1. The first-order chi connectivity index (χ1) is 11.1. The lowest BCUT2D eigenvalue weighted by molar-refractivity contribution is 0.140. The van der Waals surface area contributed by atoms with Gasteiger partial charge in [0.1, 0.15) is 30.8 Å². The fourth-order valence-corrected chi connectivity index (χ4v) is 1.82. The Hall–Kier alpha value is -2.49. The van der Waals surface area contributed by atoms with Gasteiger partial charge in [0.15, 0.2) is 0 Å². The van der Waals surface area contributed by atoms with Crippen molar-refractivity contribution in [3.63, 3.8) is 0 Å². The average Bonchev–Trinajstić information content (AvgIpc) is 2.55. The summed E-state index contributed by atoms with van der Waals surface area (Å²) >= 11 is 0. The van der Waals surface area contributed by atoms with E-state index in [9.17, 15) is 0 Å². The third kappa shape index (κ3) is 6.43. The van der Waals surface area contributed by atoms with Gasteiger partial charge >= 0.3 is 0 Å². The summed E-state index contributed by atoms with van der Waals surface area (Å²) in [6.45, 7) is 7.08. The third-order valence-electron chi connectivity index (χ3n) is 3.01.